The van der Waals surface area contributed by atoms with Crippen molar-refractivity contribution in [1.82, 2.24) is 10.2 Å². The normalized spacial score (nSPS) is 14.3. The Balaban J connectivity index is 1.48. The zero-order valence-corrected chi connectivity index (χ0v) is 16.1. The van der Waals surface area contributed by atoms with Gasteiger partial charge in [0.15, 0.2) is 5.82 Å². The number of halogens is 1. The zero-order valence-electron chi connectivity index (χ0n) is 16.1. The molecule has 0 saturated carbocycles. The predicted octanol–water partition coefficient (Wildman–Crippen LogP) is 4.92. The molecule has 148 valence electrons. The minimum absolute atomic E-state index is 0.287. The minimum atomic E-state index is -0.370. The van der Waals surface area contributed by atoms with Crippen molar-refractivity contribution >= 4 is 17.4 Å². The lowest BCUT2D eigenvalue weighted by molar-refractivity contribution is 0.102. The summed E-state index contributed by atoms with van der Waals surface area (Å²) in [5.74, 6) is 0.256. The van der Waals surface area contributed by atoms with Gasteiger partial charge in [0.05, 0.1) is 5.69 Å². The summed E-state index contributed by atoms with van der Waals surface area (Å²) in [5, 5.41) is 11.7. The van der Waals surface area contributed by atoms with Crippen LogP contribution in [0.4, 0.5) is 15.9 Å². The molecule has 6 heteroatoms. The van der Waals surface area contributed by atoms with Gasteiger partial charge in [0.2, 0.25) is 0 Å². The van der Waals surface area contributed by atoms with Crippen LogP contribution in [-0.2, 0) is 0 Å². The zero-order chi connectivity index (χ0) is 20.1. The molecule has 1 fully saturated rings. The van der Waals surface area contributed by atoms with Gasteiger partial charge in [-0.2, -0.15) is 0 Å². The molecule has 1 aliphatic heterocycles. The van der Waals surface area contributed by atoms with Crippen molar-refractivity contribution in [2.45, 2.75) is 25.7 Å². The Bertz CT molecular complexity index is 965. The van der Waals surface area contributed by atoms with E-state index in [2.05, 4.69) is 20.4 Å². The molecule has 0 atom stereocenters. The summed E-state index contributed by atoms with van der Waals surface area (Å²) >= 11 is 0. The van der Waals surface area contributed by atoms with E-state index >= 15 is 0 Å². The van der Waals surface area contributed by atoms with Crippen molar-refractivity contribution in [1.29, 1.82) is 0 Å². The molecule has 1 N–H and O–H groups in total. The van der Waals surface area contributed by atoms with E-state index < -0.39 is 0 Å². The smallest absolute Gasteiger partial charge is 0.255 e. The van der Waals surface area contributed by atoms with E-state index in [4.69, 9.17) is 0 Å². The third-order valence-electron chi connectivity index (χ3n) is 5.10. The molecule has 4 rings (SSSR count). The van der Waals surface area contributed by atoms with Gasteiger partial charge in [-0.1, -0.05) is 25.0 Å². The maximum Gasteiger partial charge on any atom is 0.255 e. The molecule has 2 heterocycles. The summed E-state index contributed by atoms with van der Waals surface area (Å²) in [7, 11) is 0. The second kappa shape index (κ2) is 8.82. The number of rotatable bonds is 4. The van der Waals surface area contributed by atoms with Crippen LogP contribution in [0.3, 0.4) is 0 Å². The number of anilines is 2. The molecule has 2 aromatic carbocycles. The van der Waals surface area contributed by atoms with E-state index in [0.717, 1.165) is 30.2 Å². The number of amides is 1. The van der Waals surface area contributed by atoms with E-state index in [9.17, 15) is 9.18 Å². The molecule has 0 unspecified atom stereocenters. The fraction of sp³-hybridized carbons (Fsp3) is 0.261. The second-order valence-electron chi connectivity index (χ2n) is 7.22. The molecule has 1 amide bonds. The van der Waals surface area contributed by atoms with E-state index in [1.54, 1.807) is 0 Å². The molecule has 3 aromatic rings. The highest BCUT2D eigenvalue weighted by atomic mass is 19.1. The van der Waals surface area contributed by atoms with E-state index in [1.165, 1.54) is 49.9 Å². The maximum atomic E-state index is 13.0. The molecule has 1 aliphatic rings. The molecule has 0 spiro atoms. The van der Waals surface area contributed by atoms with E-state index in [-0.39, 0.29) is 11.7 Å². The predicted molar refractivity (Wildman–Crippen MR) is 113 cm³/mol. The molecular weight excluding hydrogens is 367 g/mol. The monoisotopic (exact) mass is 390 g/mol. The average molecular weight is 390 g/mol. The van der Waals surface area contributed by atoms with Gasteiger partial charge in [-0.05, 0) is 61.4 Å². The molecule has 1 saturated heterocycles. The van der Waals surface area contributed by atoms with Crippen LogP contribution in [0.15, 0.2) is 60.7 Å². The molecule has 0 radical (unpaired) electrons. The SMILES string of the molecule is O=C(Nc1cccc(-c2ccc(N3CCCCCC3)nn2)c1)c1ccc(F)cc1. The van der Waals surface area contributed by atoms with Crippen LogP contribution in [0.2, 0.25) is 0 Å². The Morgan fingerprint density at radius 1 is 0.897 bits per heavy atom. The lowest BCUT2D eigenvalue weighted by Gasteiger charge is -2.20. The van der Waals surface area contributed by atoms with Crippen LogP contribution < -0.4 is 10.2 Å². The van der Waals surface area contributed by atoms with Crippen LogP contribution in [0.1, 0.15) is 36.0 Å². The van der Waals surface area contributed by atoms with Crippen LogP contribution in [-0.4, -0.2) is 29.2 Å². The van der Waals surface area contributed by atoms with Crippen LogP contribution >= 0.6 is 0 Å². The van der Waals surface area contributed by atoms with Gasteiger partial charge in [-0.3, -0.25) is 4.79 Å². The molecule has 0 bridgehead atoms. The van der Waals surface area contributed by atoms with Gasteiger partial charge in [0, 0.05) is 29.9 Å². The third-order valence-corrected chi connectivity index (χ3v) is 5.10. The van der Waals surface area contributed by atoms with Gasteiger partial charge in [-0.15, -0.1) is 10.2 Å². The first-order chi connectivity index (χ1) is 14.2. The van der Waals surface area contributed by atoms with Gasteiger partial charge >= 0.3 is 0 Å². The van der Waals surface area contributed by atoms with Crippen molar-refractivity contribution in [3.05, 3.63) is 72.0 Å². The van der Waals surface area contributed by atoms with Gasteiger partial charge in [0.1, 0.15) is 5.82 Å². The van der Waals surface area contributed by atoms with Crippen LogP contribution in [0.25, 0.3) is 11.3 Å². The topological polar surface area (TPSA) is 58.1 Å². The Labute approximate surface area is 169 Å². The summed E-state index contributed by atoms with van der Waals surface area (Å²) in [4.78, 5) is 14.6. The standard InChI is InChI=1S/C23H23FN4O/c24-19-10-8-17(9-11-19)23(29)25-20-7-5-6-18(16-20)21-12-13-22(27-26-21)28-14-3-1-2-4-15-28/h5-13,16H,1-4,14-15H2,(H,25,29). The van der Waals surface area contributed by atoms with Crippen LogP contribution in [0.5, 0.6) is 0 Å². The van der Waals surface area contributed by atoms with E-state index in [1.807, 2.05) is 36.4 Å². The van der Waals surface area contributed by atoms with Crippen molar-refractivity contribution in [2.24, 2.45) is 0 Å². The Morgan fingerprint density at radius 2 is 1.66 bits per heavy atom. The first-order valence-electron chi connectivity index (χ1n) is 9.95. The van der Waals surface area contributed by atoms with Crippen LogP contribution in [0, 0.1) is 5.82 Å². The Morgan fingerprint density at radius 3 is 2.34 bits per heavy atom. The Hall–Kier alpha value is -3.28. The number of carbonyl (C=O) groups excluding carboxylic acids is 1. The van der Waals surface area contributed by atoms with E-state index in [0.29, 0.717) is 11.3 Å². The summed E-state index contributed by atoms with van der Waals surface area (Å²) in [6.07, 6.45) is 4.94. The summed E-state index contributed by atoms with van der Waals surface area (Å²) in [5.41, 5.74) is 2.67. The first kappa shape index (κ1) is 19.1. The second-order valence-corrected chi connectivity index (χ2v) is 7.22. The fourth-order valence-corrected chi connectivity index (χ4v) is 3.51. The number of aromatic nitrogens is 2. The molecule has 0 aliphatic carbocycles. The molecular formula is C23H23FN4O. The fourth-order valence-electron chi connectivity index (χ4n) is 3.51. The lowest BCUT2D eigenvalue weighted by atomic mass is 10.1. The molecule has 29 heavy (non-hydrogen) atoms. The largest absolute Gasteiger partial charge is 0.355 e. The Kier molecular flexibility index (Phi) is 5.79. The van der Waals surface area contributed by atoms with Gasteiger partial charge in [0.25, 0.3) is 5.91 Å². The number of nitrogens with one attached hydrogen (secondary N) is 1. The summed E-state index contributed by atoms with van der Waals surface area (Å²) < 4.78 is 13.0. The minimum Gasteiger partial charge on any atom is -0.355 e. The lowest BCUT2D eigenvalue weighted by Crippen LogP contribution is -2.25. The number of hydrogen-bond acceptors (Lipinski definition) is 4. The number of benzene rings is 2. The highest BCUT2D eigenvalue weighted by molar-refractivity contribution is 6.04. The highest BCUT2D eigenvalue weighted by Gasteiger charge is 2.12. The van der Waals surface area contributed by atoms with Gasteiger partial charge in [-0.25, -0.2) is 4.39 Å². The number of carbonyl (C=O) groups is 1. The quantitative estimate of drug-likeness (QED) is 0.687. The van der Waals surface area contributed by atoms with Crippen molar-refractivity contribution in [3.8, 4) is 11.3 Å². The average Bonchev–Trinajstić information content (AvgIpc) is 3.04. The van der Waals surface area contributed by atoms with Crippen molar-refractivity contribution in [2.75, 3.05) is 23.3 Å². The molecule has 5 nitrogen and oxygen atoms in total. The van der Waals surface area contributed by atoms with Crippen molar-refractivity contribution < 1.29 is 9.18 Å². The third kappa shape index (κ3) is 4.77. The number of hydrogen-bond donors (Lipinski definition) is 1. The van der Waals surface area contributed by atoms with Crippen molar-refractivity contribution in [3.63, 3.8) is 0 Å². The summed E-state index contributed by atoms with van der Waals surface area (Å²) in [6.45, 7) is 2.05. The number of nitrogens with zero attached hydrogens (tertiary/aromatic N) is 3. The summed E-state index contributed by atoms with van der Waals surface area (Å²) in [6, 6.07) is 16.9. The van der Waals surface area contributed by atoms with Gasteiger partial charge < -0.3 is 10.2 Å². The first-order valence-corrected chi connectivity index (χ1v) is 9.95. The maximum absolute atomic E-state index is 13.0. The highest BCUT2D eigenvalue weighted by Crippen LogP contribution is 2.23. The molecule has 1 aromatic heterocycles.